The standard InChI is InChI=1S/C15H21BrN4/c1-4-19(10-13-8-6-7-9-17-13)11-14-15(16)12(3)18-20(14)5-2/h6-9H,4-5,10-11H2,1-3H3. The molecule has 2 aromatic heterocycles. The van der Waals surface area contributed by atoms with E-state index >= 15 is 0 Å². The van der Waals surface area contributed by atoms with E-state index in [9.17, 15) is 0 Å². The Morgan fingerprint density at radius 2 is 2.05 bits per heavy atom. The molecule has 2 heterocycles. The lowest BCUT2D eigenvalue weighted by Crippen LogP contribution is -2.24. The second-order valence-electron chi connectivity index (χ2n) is 4.79. The maximum absolute atomic E-state index is 4.55. The summed E-state index contributed by atoms with van der Waals surface area (Å²) in [6, 6.07) is 6.05. The minimum atomic E-state index is 0.859. The molecule has 0 saturated carbocycles. The number of rotatable bonds is 6. The Hall–Kier alpha value is -1.20. The molecular formula is C15H21BrN4. The topological polar surface area (TPSA) is 34.0 Å². The van der Waals surface area contributed by atoms with Gasteiger partial charge in [-0.05, 0) is 48.5 Å². The quantitative estimate of drug-likeness (QED) is 0.810. The molecule has 0 amide bonds. The zero-order valence-corrected chi connectivity index (χ0v) is 13.9. The van der Waals surface area contributed by atoms with Gasteiger partial charge in [-0.15, -0.1) is 0 Å². The smallest absolute Gasteiger partial charge is 0.0739 e. The monoisotopic (exact) mass is 336 g/mol. The van der Waals surface area contributed by atoms with Crippen LogP contribution >= 0.6 is 15.9 Å². The van der Waals surface area contributed by atoms with E-state index in [1.165, 1.54) is 5.69 Å². The van der Waals surface area contributed by atoms with Crippen molar-refractivity contribution in [1.29, 1.82) is 0 Å². The fourth-order valence-corrected chi connectivity index (χ4v) is 2.64. The van der Waals surface area contributed by atoms with E-state index in [1.807, 2.05) is 25.3 Å². The predicted octanol–water partition coefficient (Wildman–Crippen LogP) is 3.39. The van der Waals surface area contributed by atoms with E-state index in [0.29, 0.717) is 0 Å². The lowest BCUT2D eigenvalue weighted by Gasteiger charge is -2.20. The van der Waals surface area contributed by atoms with Gasteiger partial charge in [0.05, 0.1) is 21.6 Å². The summed E-state index contributed by atoms with van der Waals surface area (Å²) >= 11 is 3.66. The molecule has 108 valence electrons. The molecular weight excluding hydrogens is 316 g/mol. The third-order valence-corrected chi connectivity index (χ3v) is 4.42. The van der Waals surface area contributed by atoms with Crippen molar-refractivity contribution in [3.63, 3.8) is 0 Å². The lowest BCUT2D eigenvalue weighted by molar-refractivity contribution is 0.259. The summed E-state index contributed by atoms with van der Waals surface area (Å²) in [4.78, 5) is 6.77. The Morgan fingerprint density at radius 1 is 1.25 bits per heavy atom. The Labute approximate surface area is 128 Å². The SMILES string of the molecule is CCN(Cc1ccccn1)Cc1c(Br)c(C)nn1CC. The molecule has 20 heavy (non-hydrogen) atoms. The Kier molecular flexibility index (Phi) is 5.31. The first-order chi connectivity index (χ1) is 9.65. The predicted molar refractivity (Wildman–Crippen MR) is 84.4 cm³/mol. The fourth-order valence-electron chi connectivity index (χ4n) is 2.23. The van der Waals surface area contributed by atoms with Gasteiger partial charge in [0.25, 0.3) is 0 Å². The zero-order valence-electron chi connectivity index (χ0n) is 12.3. The second kappa shape index (κ2) is 6.99. The van der Waals surface area contributed by atoms with E-state index < -0.39 is 0 Å². The summed E-state index contributed by atoms with van der Waals surface area (Å²) in [5.74, 6) is 0. The van der Waals surface area contributed by atoms with E-state index in [-0.39, 0.29) is 0 Å². The summed E-state index contributed by atoms with van der Waals surface area (Å²) in [6.45, 7) is 9.95. The number of aromatic nitrogens is 3. The van der Waals surface area contributed by atoms with E-state index in [1.54, 1.807) is 0 Å². The van der Waals surface area contributed by atoms with Crippen LogP contribution in [0.1, 0.15) is 30.9 Å². The Morgan fingerprint density at radius 3 is 2.65 bits per heavy atom. The van der Waals surface area contributed by atoms with E-state index in [4.69, 9.17) is 0 Å². The molecule has 2 rings (SSSR count). The lowest BCUT2D eigenvalue weighted by atomic mass is 10.3. The highest BCUT2D eigenvalue weighted by Crippen LogP contribution is 2.23. The third kappa shape index (κ3) is 3.46. The van der Waals surface area contributed by atoms with Crippen LogP contribution in [-0.2, 0) is 19.6 Å². The van der Waals surface area contributed by atoms with Crippen molar-refractivity contribution in [2.45, 2.75) is 40.4 Å². The number of hydrogen-bond donors (Lipinski definition) is 0. The van der Waals surface area contributed by atoms with Gasteiger partial charge in [-0.2, -0.15) is 5.10 Å². The normalized spacial score (nSPS) is 11.2. The van der Waals surface area contributed by atoms with E-state index in [0.717, 1.165) is 42.0 Å². The van der Waals surface area contributed by atoms with Crippen molar-refractivity contribution >= 4 is 15.9 Å². The van der Waals surface area contributed by atoms with Crippen molar-refractivity contribution in [3.05, 3.63) is 46.0 Å². The van der Waals surface area contributed by atoms with Crippen LogP contribution in [0.5, 0.6) is 0 Å². The summed E-state index contributed by atoms with van der Waals surface area (Å²) in [5, 5.41) is 4.55. The Balaban J connectivity index is 2.14. The zero-order chi connectivity index (χ0) is 14.5. The van der Waals surface area contributed by atoms with Crippen LogP contribution in [0.2, 0.25) is 0 Å². The molecule has 2 aromatic rings. The fraction of sp³-hybridized carbons (Fsp3) is 0.467. The summed E-state index contributed by atoms with van der Waals surface area (Å²) < 4.78 is 3.19. The van der Waals surface area contributed by atoms with Gasteiger partial charge in [-0.3, -0.25) is 14.6 Å². The molecule has 0 atom stereocenters. The van der Waals surface area contributed by atoms with Crippen LogP contribution in [0.3, 0.4) is 0 Å². The van der Waals surface area contributed by atoms with Crippen molar-refractivity contribution in [2.75, 3.05) is 6.54 Å². The van der Waals surface area contributed by atoms with Crippen LogP contribution in [0.15, 0.2) is 28.9 Å². The molecule has 0 spiro atoms. The van der Waals surface area contributed by atoms with Crippen molar-refractivity contribution in [3.8, 4) is 0 Å². The van der Waals surface area contributed by atoms with Gasteiger partial charge in [0.1, 0.15) is 0 Å². The number of pyridine rings is 1. The van der Waals surface area contributed by atoms with Gasteiger partial charge in [0.15, 0.2) is 0 Å². The maximum Gasteiger partial charge on any atom is 0.0739 e. The first kappa shape index (κ1) is 15.2. The molecule has 0 aliphatic carbocycles. The number of aryl methyl sites for hydroxylation is 2. The van der Waals surface area contributed by atoms with Crippen LogP contribution in [-0.4, -0.2) is 26.2 Å². The molecule has 0 unspecified atom stereocenters. The van der Waals surface area contributed by atoms with Crippen molar-refractivity contribution in [2.24, 2.45) is 0 Å². The highest BCUT2D eigenvalue weighted by molar-refractivity contribution is 9.10. The van der Waals surface area contributed by atoms with Crippen molar-refractivity contribution in [1.82, 2.24) is 19.7 Å². The molecule has 0 aliphatic heterocycles. The average Bonchev–Trinajstić information content (AvgIpc) is 2.75. The molecule has 0 fully saturated rings. The van der Waals surface area contributed by atoms with Crippen LogP contribution in [0, 0.1) is 6.92 Å². The minimum absolute atomic E-state index is 0.859. The maximum atomic E-state index is 4.55. The van der Waals surface area contributed by atoms with Crippen LogP contribution in [0.4, 0.5) is 0 Å². The summed E-state index contributed by atoms with van der Waals surface area (Å²) in [6.07, 6.45) is 1.85. The highest BCUT2D eigenvalue weighted by Gasteiger charge is 2.15. The first-order valence-electron chi connectivity index (χ1n) is 6.99. The number of nitrogens with zero attached hydrogens (tertiary/aromatic N) is 4. The third-order valence-electron chi connectivity index (χ3n) is 3.39. The number of halogens is 1. The molecule has 0 aliphatic rings. The highest BCUT2D eigenvalue weighted by atomic mass is 79.9. The van der Waals surface area contributed by atoms with Gasteiger partial charge < -0.3 is 0 Å². The van der Waals surface area contributed by atoms with Gasteiger partial charge in [-0.25, -0.2) is 0 Å². The average molecular weight is 337 g/mol. The number of hydrogen-bond acceptors (Lipinski definition) is 3. The molecule has 0 N–H and O–H groups in total. The molecule has 5 heteroatoms. The van der Waals surface area contributed by atoms with Crippen LogP contribution in [0.25, 0.3) is 0 Å². The second-order valence-corrected chi connectivity index (χ2v) is 5.58. The van der Waals surface area contributed by atoms with Gasteiger partial charge in [0.2, 0.25) is 0 Å². The van der Waals surface area contributed by atoms with Crippen LogP contribution < -0.4 is 0 Å². The molecule has 4 nitrogen and oxygen atoms in total. The minimum Gasteiger partial charge on any atom is -0.292 e. The largest absolute Gasteiger partial charge is 0.292 e. The summed E-state index contributed by atoms with van der Waals surface area (Å²) in [5.41, 5.74) is 3.39. The molecule has 0 radical (unpaired) electrons. The molecule has 0 saturated heterocycles. The summed E-state index contributed by atoms with van der Waals surface area (Å²) in [7, 11) is 0. The molecule has 0 aromatic carbocycles. The van der Waals surface area contributed by atoms with Gasteiger partial charge in [0, 0.05) is 25.8 Å². The van der Waals surface area contributed by atoms with Gasteiger partial charge >= 0.3 is 0 Å². The van der Waals surface area contributed by atoms with Crippen molar-refractivity contribution < 1.29 is 0 Å². The first-order valence-corrected chi connectivity index (χ1v) is 7.79. The Bertz CT molecular complexity index is 551. The molecule has 0 bridgehead atoms. The van der Waals surface area contributed by atoms with E-state index in [2.05, 4.69) is 55.5 Å². The van der Waals surface area contributed by atoms with Gasteiger partial charge in [-0.1, -0.05) is 13.0 Å².